The van der Waals surface area contributed by atoms with Crippen LogP contribution in [0.5, 0.6) is 0 Å². The molecule has 0 bridgehead atoms. The van der Waals surface area contributed by atoms with Crippen molar-refractivity contribution in [1.82, 2.24) is 0 Å². The highest BCUT2D eigenvalue weighted by Gasteiger charge is 2.13. The van der Waals surface area contributed by atoms with Crippen molar-refractivity contribution in [2.24, 2.45) is 0 Å². The molecule has 0 heterocycles. The van der Waals surface area contributed by atoms with Gasteiger partial charge in [-0.3, -0.25) is 4.18 Å². The molecule has 0 aliphatic rings. The SMILES string of the molecule is Cc1ccc(S(=O)(=O)OCC=N)cc1. The fraction of sp³-hybridized carbons (Fsp3) is 0.222. The lowest BCUT2D eigenvalue weighted by atomic mass is 10.2. The molecule has 4 nitrogen and oxygen atoms in total. The van der Waals surface area contributed by atoms with Gasteiger partial charge in [0, 0.05) is 6.21 Å². The molecule has 0 fully saturated rings. The van der Waals surface area contributed by atoms with E-state index in [0.29, 0.717) is 0 Å². The third-order valence-electron chi connectivity index (χ3n) is 1.62. The van der Waals surface area contributed by atoms with Gasteiger partial charge in [-0.25, -0.2) is 0 Å². The smallest absolute Gasteiger partial charge is 0.297 e. The van der Waals surface area contributed by atoms with Crippen LogP contribution in [0.2, 0.25) is 0 Å². The fourth-order valence-electron chi connectivity index (χ4n) is 0.897. The Bertz CT molecular complexity index is 408. The van der Waals surface area contributed by atoms with E-state index in [-0.39, 0.29) is 11.5 Å². The first-order chi connectivity index (χ1) is 6.56. The maximum atomic E-state index is 11.4. The zero-order valence-electron chi connectivity index (χ0n) is 7.73. The lowest BCUT2D eigenvalue weighted by Crippen LogP contribution is -2.07. The summed E-state index contributed by atoms with van der Waals surface area (Å²) in [7, 11) is -3.69. The highest BCUT2D eigenvalue weighted by Crippen LogP contribution is 2.12. The topological polar surface area (TPSA) is 67.2 Å². The van der Waals surface area contributed by atoms with Gasteiger partial charge < -0.3 is 5.41 Å². The van der Waals surface area contributed by atoms with Gasteiger partial charge in [0.25, 0.3) is 10.1 Å². The van der Waals surface area contributed by atoms with E-state index in [2.05, 4.69) is 4.18 Å². The average Bonchev–Trinajstić information content (AvgIpc) is 2.16. The van der Waals surface area contributed by atoms with Crippen LogP contribution in [-0.2, 0) is 14.3 Å². The summed E-state index contributed by atoms with van der Waals surface area (Å²) < 4.78 is 27.3. The number of benzene rings is 1. The molecule has 0 aliphatic heterocycles. The highest BCUT2D eigenvalue weighted by molar-refractivity contribution is 7.86. The van der Waals surface area contributed by atoms with Crippen LogP contribution in [0.25, 0.3) is 0 Å². The molecular weight excluding hydrogens is 202 g/mol. The second-order valence-corrected chi connectivity index (χ2v) is 4.37. The van der Waals surface area contributed by atoms with Gasteiger partial charge in [0.05, 0.1) is 4.90 Å². The predicted octanol–water partition coefficient (Wildman–Crippen LogP) is 1.35. The Hall–Kier alpha value is -1.20. The summed E-state index contributed by atoms with van der Waals surface area (Å²) >= 11 is 0. The molecule has 0 radical (unpaired) electrons. The Kier molecular flexibility index (Phi) is 3.38. The van der Waals surface area contributed by atoms with Gasteiger partial charge in [-0.1, -0.05) is 17.7 Å². The zero-order chi connectivity index (χ0) is 10.6. The second kappa shape index (κ2) is 4.34. The van der Waals surface area contributed by atoms with Gasteiger partial charge in [-0.05, 0) is 19.1 Å². The fourth-order valence-corrected chi connectivity index (χ4v) is 1.75. The molecule has 0 aliphatic carbocycles. The zero-order valence-corrected chi connectivity index (χ0v) is 8.54. The third kappa shape index (κ3) is 2.65. The molecule has 0 aromatic heterocycles. The van der Waals surface area contributed by atoms with Crippen molar-refractivity contribution < 1.29 is 12.6 Å². The van der Waals surface area contributed by atoms with E-state index in [1.165, 1.54) is 12.1 Å². The minimum absolute atomic E-state index is 0.116. The van der Waals surface area contributed by atoms with Crippen LogP contribution in [0.3, 0.4) is 0 Å². The third-order valence-corrected chi connectivity index (χ3v) is 2.91. The van der Waals surface area contributed by atoms with E-state index in [4.69, 9.17) is 5.41 Å². The van der Waals surface area contributed by atoms with E-state index in [0.717, 1.165) is 11.8 Å². The molecule has 0 unspecified atom stereocenters. The highest BCUT2D eigenvalue weighted by atomic mass is 32.2. The van der Waals surface area contributed by atoms with Crippen molar-refractivity contribution in [2.45, 2.75) is 11.8 Å². The first-order valence-electron chi connectivity index (χ1n) is 4.01. The van der Waals surface area contributed by atoms with E-state index < -0.39 is 10.1 Å². The summed E-state index contributed by atoms with van der Waals surface area (Å²) in [5, 5.41) is 6.66. The summed E-state index contributed by atoms with van der Waals surface area (Å²) in [5.41, 5.74) is 0.982. The van der Waals surface area contributed by atoms with Crippen molar-refractivity contribution in [1.29, 1.82) is 5.41 Å². The number of hydrogen-bond donors (Lipinski definition) is 1. The quantitative estimate of drug-likeness (QED) is 0.606. The number of nitrogens with one attached hydrogen (secondary N) is 1. The average molecular weight is 213 g/mol. The van der Waals surface area contributed by atoms with Crippen LogP contribution in [-0.4, -0.2) is 21.2 Å². The lowest BCUT2D eigenvalue weighted by molar-refractivity contribution is 0.371. The summed E-state index contributed by atoms with van der Waals surface area (Å²) in [6.07, 6.45) is 0.895. The predicted molar refractivity (Wildman–Crippen MR) is 53.1 cm³/mol. The second-order valence-electron chi connectivity index (χ2n) is 2.76. The molecule has 0 amide bonds. The number of aryl methyl sites for hydroxylation is 1. The molecule has 5 heteroatoms. The first kappa shape index (κ1) is 10.9. The minimum atomic E-state index is -3.69. The molecule has 1 aromatic rings. The van der Waals surface area contributed by atoms with Crippen LogP contribution < -0.4 is 0 Å². The van der Waals surface area contributed by atoms with Crippen LogP contribution in [0.15, 0.2) is 29.2 Å². The van der Waals surface area contributed by atoms with Gasteiger partial charge in [-0.2, -0.15) is 8.42 Å². The van der Waals surface area contributed by atoms with E-state index in [9.17, 15) is 8.42 Å². The Balaban J connectivity index is 2.93. The van der Waals surface area contributed by atoms with Crippen molar-refractivity contribution in [2.75, 3.05) is 6.61 Å². The first-order valence-corrected chi connectivity index (χ1v) is 5.42. The van der Waals surface area contributed by atoms with Crippen molar-refractivity contribution in [3.8, 4) is 0 Å². The van der Waals surface area contributed by atoms with Crippen molar-refractivity contribution in [3.63, 3.8) is 0 Å². The molecule has 1 aromatic carbocycles. The largest absolute Gasteiger partial charge is 0.311 e. The van der Waals surface area contributed by atoms with Crippen LogP contribution in [0.1, 0.15) is 5.56 Å². The van der Waals surface area contributed by atoms with E-state index in [1.807, 2.05) is 6.92 Å². The molecule has 0 spiro atoms. The van der Waals surface area contributed by atoms with E-state index >= 15 is 0 Å². The van der Waals surface area contributed by atoms with Gasteiger partial charge >= 0.3 is 0 Å². The number of rotatable bonds is 4. The Morgan fingerprint density at radius 1 is 1.36 bits per heavy atom. The standard InChI is InChI=1S/C9H11NO3S/c1-8-2-4-9(5-3-8)14(11,12)13-7-6-10/h2-6,10H,7H2,1H3. The van der Waals surface area contributed by atoms with Crippen LogP contribution in [0.4, 0.5) is 0 Å². The summed E-state index contributed by atoms with van der Waals surface area (Å²) in [6, 6.07) is 6.35. The van der Waals surface area contributed by atoms with Gasteiger partial charge in [0.15, 0.2) is 0 Å². The molecule has 1 N–H and O–H groups in total. The maximum Gasteiger partial charge on any atom is 0.297 e. The summed E-state index contributed by atoms with van der Waals surface area (Å²) in [5.74, 6) is 0. The Labute approximate surface area is 83.2 Å². The van der Waals surface area contributed by atoms with Crippen LogP contribution >= 0.6 is 0 Å². The van der Waals surface area contributed by atoms with E-state index in [1.54, 1.807) is 12.1 Å². The maximum absolute atomic E-state index is 11.4. The molecule has 0 saturated heterocycles. The normalized spacial score (nSPS) is 11.2. The van der Waals surface area contributed by atoms with Crippen molar-refractivity contribution in [3.05, 3.63) is 29.8 Å². The van der Waals surface area contributed by atoms with Gasteiger partial charge in [-0.15, -0.1) is 0 Å². The molecule has 76 valence electrons. The summed E-state index contributed by atoms with van der Waals surface area (Å²) in [6.45, 7) is 1.64. The molecule has 14 heavy (non-hydrogen) atoms. The molecule has 0 saturated carbocycles. The van der Waals surface area contributed by atoms with Gasteiger partial charge in [0.2, 0.25) is 0 Å². The minimum Gasteiger partial charge on any atom is -0.311 e. The number of hydrogen-bond acceptors (Lipinski definition) is 4. The Morgan fingerprint density at radius 3 is 2.43 bits per heavy atom. The molecule has 0 atom stereocenters. The lowest BCUT2D eigenvalue weighted by Gasteiger charge is -2.02. The summed E-state index contributed by atoms with van der Waals surface area (Å²) in [4.78, 5) is 0.116. The van der Waals surface area contributed by atoms with Crippen LogP contribution in [0, 0.1) is 12.3 Å². The molecular formula is C9H11NO3S. The van der Waals surface area contributed by atoms with Gasteiger partial charge in [0.1, 0.15) is 6.61 Å². The Morgan fingerprint density at radius 2 is 1.93 bits per heavy atom. The molecule has 1 rings (SSSR count). The monoisotopic (exact) mass is 213 g/mol. The van der Waals surface area contributed by atoms with Crippen molar-refractivity contribution >= 4 is 16.3 Å².